The van der Waals surface area contributed by atoms with Crippen molar-refractivity contribution in [3.63, 3.8) is 0 Å². The average Bonchev–Trinajstić information content (AvgIpc) is 3.04. The molecule has 0 amide bonds. The van der Waals surface area contributed by atoms with Gasteiger partial charge in [0, 0.05) is 6.20 Å². The molecule has 6 nitrogen and oxygen atoms in total. The minimum absolute atomic E-state index is 0.0450. The first-order chi connectivity index (χ1) is 12.1. The number of rotatable bonds is 4. The zero-order valence-electron chi connectivity index (χ0n) is 13.9. The molecular weight excluding hydrogens is 316 g/mol. The number of aryl methyl sites for hydroxylation is 1. The van der Waals surface area contributed by atoms with Crippen LogP contribution in [-0.4, -0.2) is 25.4 Å². The van der Waals surface area contributed by atoms with E-state index in [0.717, 1.165) is 22.2 Å². The van der Waals surface area contributed by atoms with Crippen molar-refractivity contribution in [2.45, 2.75) is 20.5 Å². The number of carbonyl (C=O) groups excluding carboxylic acids is 1. The lowest BCUT2D eigenvalue weighted by molar-refractivity contribution is 0.101. The third-order valence-corrected chi connectivity index (χ3v) is 4.12. The van der Waals surface area contributed by atoms with Crippen molar-refractivity contribution in [2.24, 2.45) is 0 Å². The van der Waals surface area contributed by atoms with Crippen LogP contribution in [-0.2, 0) is 6.61 Å². The molecule has 0 aliphatic rings. The Labute approximate surface area is 144 Å². The largest absolute Gasteiger partial charge is 0.486 e. The van der Waals surface area contributed by atoms with Gasteiger partial charge in [-0.1, -0.05) is 30.3 Å². The minimum Gasteiger partial charge on any atom is -0.486 e. The fourth-order valence-electron chi connectivity index (χ4n) is 2.80. The first kappa shape index (κ1) is 15.3. The van der Waals surface area contributed by atoms with Crippen molar-refractivity contribution in [1.29, 1.82) is 0 Å². The van der Waals surface area contributed by atoms with Crippen molar-refractivity contribution in [2.75, 3.05) is 0 Å². The van der Waals surface area contributed by atoms with E-state index in [1.54, 1.807) is 4.52 Å². The van der Waals surface area contributed by atoms with Crippen LogP contribution in [0, 0.1) is 6.92 Å². The van der Waals surface area contributed by atoms with E-state index in [9.17, 15) is 4.79 Å². The van der Waals surface area contributed by atoms with E-state index in [1.165, 1.54) is 13.1 Å². The van der Waals surface area contributed by atoms with E-state index in [1.807, 2.05) is 43.3 Å². The Hall–Kier alpha value is -3.28. The number of nitrogens with zero attached hydrogens (tertiary/aromatic N) is 4. The summed E-state index contributed by atoms with van der Waals surface area (Å²) in [5, 5.41) is 6.68. The number of benzene rings is 2. The van der Waals surface area contributed by atoms with Gasteiger partial charge >= 0.3 is 0 Å². The smallest absolute Gasteiger partial charge is 0.252 e. The monoisotopic (exact) mass is 332 g/mol. The Balaban J connectivity index is 1.59. The quantitative estimate of drug-likeness (QED) is 0.536. The van der Waals surface area contributed by atoms with E-state index in [4.69, 9.17) is 4.74 Å². The third-order valence-electron chi connectivity index (χ3n) is 4.12. The Morgan fingerprint density at radius 2 is 1.96 bits per heavy atom. The van der Waals surface area contributed by atoms with Crippen molar-refractivity contribution in [3.05, 3.63) is 65.7 Å². The summed E-state index contributed by atoms with van der Waals surface area (Å²) in [5.41, 5.74) is 1.27. The number of hydrogen-bond acceptors (Lipinski definition) is 5. The minimum atomic E-state index is -0.0450. The zero-order chi connectivity index (χ0) is 17.4. The predicted molar refractivity (Wildman–Crippen MR) is 93.8 cm³/mol. The van der Waals surface area contributed by atoms with Gasteiger partial charge in [-0.2, -0.15) is 4.98 Å². The van der Waals surface area contributed by atoms with E-state index in [0.29, 0.717) is 17.2 Å². The standard InChI is InChI=1S/C19H16N4O2/c1-12-17(13(2)24)10-20-19-21-18(22-23(12)19)11-25-16-8-7-14-5-3-4-6-15(14)9-16/h3-10H,11H2,1-2H3. The Bertz CT molecular complexity index is 1100. The lowest BCUT2D eigenvalue weighted by atomic mass is 10.1. The summed E-state index contributed by atoms with van der Waals surface area (Å²) in [6, 6.07) is 14.0. The normalized spacial score (nSPS) is 11.1. The maximum absolute atomic E-state index is 11.6. The highest BCUT2D eigenvalue weighted by Gasteiger charge is 2.13. The van der Waals surface area contributed by atoms with Gasteiger partial charge in [-0.3, -0.25) is 4.79 Å². The fraction of sp³-hybridized carbons (Fsp3) is 0.158. The number of ether oxygens (including phenoxy) is 1. The Morgan fingerprint density at radius 1 is 1.16 bits per heavy atom. The molecule has 6 heteroatoms. The van der Waals surface area contributed by atoms with E-state index in [2.05, 4.69) is 21.1 Å². The van der Waals surface area contributed by atoms with Crippen molar-refractivity contribution < 1.29 is 9.53 Å². The molecule has 2 aromatic heterocycles. The molecule has 0 saturated heterocycles. The molecule has 0 N–H and O–H groups in total. The van der Waals surface area contributed by atoms with Gasteiger partial charge in [-0.05, 0) is 36.8 Å². The van der Waals surface area contributed by atoms with Gasteiger partial charge in [-0.15, -0.1) is 5.10 Å². The first-order valence-corrected chi connectivity index (χ1v) is 7.95. The summed E-state index contributed by atoms with van der Waals surface area (Å²) in [6.45, 7) is 3.57. The number of hydrogen-bond donors (Lipinski definition) is 0. The lowest BCUT2D eigenvalue weighted by Crippen LogP contribution is -2.05. The van der Waals surface area contributed by atoms with Gasteiger partial charge in [0.1, 0.15) is 12.4 Å². The van der Waals surface area contributed by atoms with Crippen LogP contribution in [0.3, 0.4) is 0 Å². The van der Waals surface area contributed by atoms with Crippen molar-refractivity contribution in [3.8, 4) is 5.75 Å². The summed E-state index contributed by atoms with van der Waals surface area (Å²) in [5.74, 6) is 1.69. The van der Waals surface area contributed by atoms with Gasteiger partial charge in [0.05, 0.1) is 11.3 Å². The third kappa shape index (κ3) is 2.82. The molecule has 0 radical (unpaired) electrons. The average molecular weight is 332 g/mol. The van der Waals surface area contributed by atoms with Crippen LogP contribution in [0.2, 0.25) is 0 Å². The summed E-state index contributed by atoms with van der Waals surface area (Å²) in [6.07, 6.45) is 1.54. The second-order valence-electron chi connectivity index (χ2n) is 5.85. The highest BCUT2D eigenvalue weighted by molar-refractivity contribution is 5.94. The van der Waals surface area contributed by atoms with Crippen LogP contribution in [0.5, 0.6) is 5.75 Å². The molecule has 25 heavy (non-hydrogen) atoms. The molecule has 0 spiro atoms. The molecule has 0 unspecified atom stereocenters. The number of ketones is 1. The number of carbonyl (C=O) groups is 1. The van der Waals surface area contributed by atoms with Crippen LogP contribution in [0.25, 0.3) is 16.6 Å². The number of fused-ring (bicyclic) bond motifs is 2. The van der Waals surface area contributed by atoms with Crippen LogP contribution in [0.4, 0.5) is 0 Å². The first-order valence-electron chi connectivity index (χ1n) is 7.95. The molecule has 4 rings (SSSR count). The van der Waals surface area contributed by atoms with E-state index >= 15 is 0 Å². The van der Waals surface area contributed by atoms with Crippen molar-refractivity contribution >= 4 is 22.3 Å². The summed E-state index contributed by atoms with van der Waals surface area (Å²) < 4.78 is 7.39. The van der Waals surface area contributed by atoms with Gasteiger partial charge in [0.15, 0.2) is 11.6 Å². The van der Waals surface area contributed by atoms with Gasteiger partial charge in [0.25, 0.3) is 5.78 Å². The molecule has 124 valence electrons. The predicted octanol–water partition coefficient (Wildman–Crippen LogP) is 3.37. The van der Waals surface area contributed by atoms with Crippen molar-refractivity contribution in [1.82, 2.24) is 19.6 Å². The molecular formula is C19H16N4O2. The molecule has 0 bridgehead atoms. The topological polar surface area (TPSA) is 69.4 Å². The highest BCUT2D eigenvalue weighted by atomic mass is 16.5. The highest BCUT2D eigenvalue weighted by Crippen LogP contribution is 2.21. The second kappa shape index (κ2) is 5.98. The Morgan fingerprint density at radius 3 is 2.76 bits per heavy atom. The van der Waals surface area contributed by atoms with Crippen LogP contribution < -0.4 is 4.74 Å². The molecule has 2 aromatic carbocycles. The number of Topliss-reactive ketones (excluding diaryl/α,β-unsaturated/α-hetero) is 1. The maximum Gasteiger partial charge on any atom is 0.252 e. The SMILES string of the molecule is CC(=O)c1cnc2nc(COc3ccc4ccccc4c3)nn2c1C. The molecule has 0 aliphatic heterocycles. The number of aromatic nitrogens is 4. The molecule has 0 saturated carbocycles. The molecule has 0 atom stereocenters. The second-order valence-corrected chi connectivity index (χ2v) is 5.85. The molecule has 4 aromatic rings. The molecule has 0 aliphatic carbocycles. The van der Waals surface area contributed by atoms with E-state index < -0.39 is 0 Å². The lowest BCUT2D eigenvalue weighted by Gasteiger charge is -2.05. The summed E-state index contributed by atoms with van der Waals surface area (Å²) >= 11 is 0. The van der Waals surface area contributed by atoms with Crippen LogP contribution in [0.15, 0.2) is 48.7 Å². The Kier molecular flexibility index (Phi) is 3.65. The van der Waals surface area contributed by atoms with Crippen LogP contribution in [0.1, 0.15) is 28.8 Å². The fourth-order valence-corrected chi connectivity index (χ4v) is 2.80. The summed E-state index contributed by atoms with van der Waals surface area (Å²) in [7, 11) is 0. The zero-order valence-corrected chi connectivity index (χ0v) is 13.9. The van der Waals surface area contributed by atoms with Gasteiger partial charge in [0.2, 0.25) is 0 Å². The van der Waals surface area contributed by atoms with Gasteiger partial charge < -0.3 is 4.74 Å². The maximum atomic E-state index is 11.6. The van der Waals surface area contributed by atoms with E-state index in [-0.39, 0.29) is 12.4 Å². The summed E-state index contributed by atoms with van der Waals surface area (Å²) in [4.78, 5) is 20.2. The van der Waals surface area contributed by atoms with Gasteiger partial charge in [-0.25, -0.2) is 9.50 Å². The molecule has 0 fully saturated rings. The molecule has 2 heterocycles. The van der Waals surface area contributed by atoms with Crippen LogP contribution >= 0.6 is 0 Å².